The van der Waals surface area contributed by atoms with Crippen molar-refractivity contribution in [3.63, 3.8) is 0 Å². The number of hydrogen-bond donors (Lipinski definition) is 1. The van der Waals surface area contributed by atoms with E-state index in [2.05, 4.69) is 29.8 Å². The lowest BCUT2D eigenvalue weighted by Gasteiger charge is -2.23. The van der Waals surface area contributed by atoms with Crippen molar-refractivity contribution in [1.82, 2.24) is 5.32 Å². The Hall–Kier alpha value is -0.380. The first-order chi connectivity index (χ1) is 7.85. The minimum atomic E-state index is 0.484. The molecule has 0 aromatic carbocycles. The number of methoxy groups -OCH3 is 1. The van der Waals surface area contributed by atoms with Crippen LogP contribution in [0.4, 0.5) is 0 Å². The molecule has 2 atom stereocenters. The molecule has 0 radical (unpaired) electrons. The van der Waals surface area contributed by atoms with Gasteiger partial charge in [0.05, 0.1) is 6.61 Å². The van der Waals surface area contributed by atoms with Gasteiger partial charge in [-0.3, -0.25) is 0 Å². The van der Waals surface area contributed by atoms with Gasteiger partial charge in [0.1, 0.15) is 0 Å². The van der Waals surface area contributed by atoms with Crippen LogP contribution in [0.3, 0.4) is 0 Å². The Labute approximate surface area is 102 Å². The molecule has 0 aliphatic heterocycles. The van der Waals surface area contributed by atoms with E-state index in [1.165, 1.54) is 17.7 Å². The summed E-state index contributed by atoms with van der Waals surface area (Å²) in [7, 11) is 1.78. The lowest BCUT2D eigenvalue weighted by Crippen LogP contribution is -2.36. The summed E-state index contributed by atoms with van der Waals surface area (Å²) >= 11 is 1.87. The van der Waals surface area contributed by atoms with Crippen LogP contribution in [0.2, 0.25) is 0 Å². The SMILES string of the molecule is CCC(COC)NC(c1cccs1)C1CC1. The monoisotopic (exact) mass is 239 g/mol. The van der Waals surface area contributed by atoms with Crippen LogP contribution in [-0.4, -0.2) is 19.8 Å². The second-order valence-electron chi connectivity index (χ2n) is 4.56. The second kappa shape index (κ2) is 5.80. The summed E-state index contributed by atoms with van der Waals surface area (Å²) in [6, 6.07) is 5.44. The van der Waals surface area contributed by atoms with E-state index in [0.29, 0.717) is 12.1 Å². The Bertz CT molecular complexity index is 295. The molecule has 1 aliphatic carbocycles. The van der Waals surface area contributed by atoms with Gasteiger partial charge in [-0.05, 0) is 36.6 Å². The molecule has 2 nitrogen and oxygen atoms in total. The predicted octanol–water partition coefficient (Wildman–Crippen LogP) is 3.21. The van der Waals surface area contributed by atoms with Crippen molar-refractivity contribution in [1.29, 1.82) is 0 Å². The molecule has 1 heterocycles. The van der Waals surface area contributed by atoms with E-state index in [0.717, 1.165) is 18.9 Å². The predicted molar refractivity (Wildman–Crippen MR) is 68.9 cm³/mol. The molecule has 16 heavy (non-hydrogen) atoms. The minimum Gasteiger partial charge on any atom is -0.383 e. The van der Waals surface area contributed by atoms with Gasteiger partial charge in [0.15, 0.2) is 0 Å². The lowest BCUT2D eigenvalue weighted by molar-refractivity contribution is 0.156. The van der Waals surface area contributed by atoms with Crippen LogP contribution >= 0.6 is 11.3 Å². The highest BCUT2D eigenvalue weighted by atomic mass is 32.1. The number of nitrogens with one attached hydrogen (secondary N) is 1. The molecule has 1 saturated carbocycles. The molecule has 0 saturated heterocycles. The molecule has 0 bridgehead atoms. The third kappa shape index (κ3) is 3.06. The fraction of sp³-hybridized carbons (Fsp3) is 0.692. The summed E-state index contributed by atoms with van der Waals surface area (Å²) in [6.45, 7) is 3.03. The number of ether oxygens (including phenoxy) is 1. The molecule has 1 aromatic rings. The van der Waals surface area contributed by atoms with Gasteiger partial charge in [0.2, 0.25) is 0 Å². The summed E-state index contributed by atoms with van der Waals surface area (Å²) in [4.78, 5) is 1.48. The largest absolute Gasteiger partial charge is 0.383 e. The Balaban J connectivity index is 1.97. The average molecular weight is 239 g/mol. The van der Waals surface area contributed by atoms with Crippen molar-refractivity contribution in [2.45, 2.75) is 38.3 Å². The van der Waals surface area contributed by atoms with E-state index in [9.17, 15) is 0 Å². The normalized spacial score (nSPS) is 19.6. The molecule has 0 amide bonds. The molecular weight excluding hydrogens is 218 g/mol. The van der Waals surface area contributed by atoms with Crippen LogP contribution in [0.1, 0.15) is 37.1 Å². The Morgan fingerprint density at radius 1 is 1.56 bits per heavy atom. The van der Waals surface area contributed by atoms with Gasteiger partial charge < -0.3 is 10.1 Å². The number of hydrogen-bond acceptors (Lipinski definition) is 3. The fourth-order valence-electron chi connectivity index (χ4n) is 2.09. The number of thiophene rings is 1. The van der Waals surface area contributed by atoms with Crippen LogP contribution in [0.5, 0.6) is 0 Å². The zero-order chi connectivity index (χ0) is 11.4. The second-order valence-corrected chi connectivity index (χ2v) is 5.54. The summed E-state index contributed by atoms with van der Waals surface area (Å²) in [6.07, 6.45) is 3.88. The Morgan fingerprint density at radius 2 is 2.38 bits per heavy atom. The summed E-state index contributed by atoms with van der Waals surface area (Å²) in [5, 5.41) is 5.92. The van der Waals surface area contributed by atoms with E-state index >= 15 is 0 Å². The van der Waals surface area contributed by atoms with E-state index < -0.39 is 0 Å². The van der Waals surface area contributed by atoms with Gasteiger partial charge in [-0.15, -0.1) is 11.3 Å². The molecule has 1 aliphatic rings. The molecule has 2 rings (SSSR count). The smallest absolute Gasteiger partial charge is 0.0615 e. The highest BCUT2D eigenvalue weighted by Crippen LogP contribution is 2.42. The Morgan fingerprint density at radius 3 is 2.88 bits per heavy atom. The minimum absolute atomic E-state index is 0.484. The average Bonchev–Trinajstić information content (AvgIpc) is 2.99. The molecule has 3 heteroatoms. The van der Waals surface area contributed by atoms with Crippen molar-refractivity contribution in [2.75, 3.05) is 13.7 Å². The third-order valence-electron chi connectivity index (χ3n) is 3.22. The highest BCUT2D eigenvalue weighted by Gasteiger charge is 2.33. The zero-order valence-electron chi connectivity index (χ0n) is 10.1. The van der Waals surface area contributed by atoms with Crippen LogP contribution < -0.4 is 5.32 Å². The van der Waals surface area contributed by atoms with E-state index in [1.807, 2.05) is 11.3 Å². The fourth-order valence-corrected chi connectivity index (χ4v) is 2.97. The van der Waals surface area contributed by atoms with E-state index in [1.54, 1.807) is 7.11 Å². The first-order valence-electron chi connectivity index (χ1n) is 6.13. The first kappa shape index (κ1) is 12.1. The summed E-state index contributed by atoms with van der Waals surface area (Å²) in [5.74, 6) is 0.851. The topological polar surface area (TPSA) is 21.3 Å². The third-order valence-corrected chi connectivity index (χ3v) is 4.17. The van der Waals surface area contributed by atoms with Crippen molar-refractivity contribution >= 4 is 11.3 Å². The standard InChI is InChI=1S/C13H21NOS/c1-3-11(9-15-2)14-13(10-6-7-10)12-5-4-8-16-12/h4-5,8,10-11,13-14H,3,6-7,9H2,1-2H3. The van der Waals surface area contributed by atoms with Crippen molar-refractivity contribution in [3.8, 4) is 0 Å². The molecule has 0 spiro atoms. The summed E-state index contributed by atoms with van der Waals surface area (Å²) in [5.41, 5.74) is 0. The first-order valence-corrected chi connectivity index (χ1v) is 7.01. The maximum absolute atomic E-state index is 5.25. The van der Waals surface area contributed by atoms with E-state index in [4.69, 9.17) is 4.74 Å². The van der Waals surface area contributed by atoms with Crippen molar-refractivity contribution in [2.24, 2.45) is 5.92 Å². The van der Waals surface area contributed by atoms with Gasteiger partial charge in [-0.2, -0.15) is 0 Å². The van der Waals surface area contributed by atoms with Gasteiger partial charge in [-0.1, -0.05) is 13.0 Å². The molecular formula is C13H21NOS. The van der Waals surface area contributed by atoms with Crippen molar-refractivity contribution < 1.29 is 4.74 Å². The summed E-state index contributed by atoms with van der Waals surface area (Å²) < 4.78 is 5.25. The molecule has 1 aromatic heterocycles. The van der Waals surface area contributed by atoms with Gasteiger partial charge in [-0.25, -0.2) is 0 Å². The molecule has 90 valence electrons. The molecule has 1 fully saturated rings. The zero-order valence-corrected chi connectivity index (χ0v) is 10.9. The highest BCUT2D eigenvalue weighted by molar-refractivity contribution is 7.10. The maximum atomic E-state index is 5.25. The lowest BCUT2D eigenvalue weighted by atomic mass is 10.1. The van der Waals surface area contributed by atoms with Gasteiger partial charge in [0, 0.05) is 24.1 Å². The molecule has 2 unspecified atom stereocenters. The number of rotatable bonds is 7. The van der Waals surface area contributed by atoms with Crippen LogP contribution in [0, 0.1) is 5.92 Å². The van der Waals surface area contributed by atoms with Crippen molar-refractivity contribution in [3.05, 3.63) is 22.4 Å². The van der Waals surface area contributed by atoms with Crippen LogP contribution in [0.15, 0.2) is 17.5 Å². The van der Waals surface area contributed by atoms with Gasteiger partial charge in [0.25, 0.3) is 0 Å². The van der Waals surface area contributed by atoms with E-state index in [-0.39, 0.29) is 0 Å². The maximum Gasteiger partial charge on any atom is 0.0615 e. The Kier molecular flexibility index (Phi) is 4.38. The van der Waals surface area contributed by atoms with Crippen LogP contribution in [-0.2, 0) is 4.74 Å². The quantitative estimate of drug-likeness (QED) is 0.789. The molecule has 1 N–H and O–H groups in total. The van der Waals surface area contributed by atoms with Gasteiger partial charge >= 0.3 is 0 Å². The van der Waals surface area contributed by atoms with Crippen LogP contribution in [0.25, 0.3) is 0 Å².